The molecule has 0 aliphatic heterocycles. The zero-order chi connectivity index (χ0) is 12.3. The summed E-state index contributed by atoms with van der Waals surface area (Å²) in [6, 6.07) is 7.52. The van der Waals surface area contributed by atoms with Crippen molar-refractivity contribution in [2.75, 3.05) is 13.6 Å². The Morgan fingerprint density at radius 1 is 1.35 bits per heavy atom. The highest BCUT2D eigenvalue weighted by atomic mass is 19.1. The second-order valence-electron chi connectivity index (χ2n) is 4.88. The van der Waals surface area contributed by atoms with E-state index < -0.39 is 0 Å². The molecule has 1 fully saturated rings. The Kier molecular flexibility index (Phi) is 4.13. The molecule has 1 aliphatic rings. The van der Waals surface area contributed by atoms with Gasteiger partial charge in [0.05, 0.1) is 0 Å². The van der Waals surface area contributed by atoms with Gasteiger partial charge in [0.1, 0.15) is 5.82 Å². The highest BCUT2D eigenvalue weighted by molar-refractivity contribution is 5.21. The topological polar surface area (TPSA) is 29.3 Å². The molecule has 2 rings (SSSR count). The van der Waals surface area contributed by atoms with Crippen molar-refractivity contribution in [2.24, 2.45) is 5.73 Å². The molecule has 0 radical (unpaired) electrons. The van der Waals surface area contributed by atoms with Gasteiger partial charge in [-0.05, 0) is 26.0 Å². The molecule has 0 spiro atoms. The molecule has 1 aliphatic carbocycles. The third-order valence-electron chi connectivity index (χ3n) is 3.88. The molecule has 0 aromatic heterocycles. The van der Waals surface area contributed by atoms with Crippen LogP contribution in [0.3, 0.4) is 0 Å². The van der Waals surface area contributed by atoms with Crippen LogP contribution in [0.1, 0.15) is 37.3 Å². The van der Waals surface area contributed by atoms with Gasteiger partial charge in [-0.2, -0.15) is 0 Å². The summed E-state index contributed by atoms with van der Waals surface area (Å²) in [5.41, 5.74) is 6.56. The maximum absolute atomic E-state index is 13.8. The van der Waals surface area contributed by atoms with Crippen LogP contribution in [0.25, 0.3) is 0 Å². The molecule has 0 saturated heterocycles. The highest BCUT2D eigenvalue weighted by Gasteiger charge is 2.27. The van der Waals surface area contributed by atoms with Gasteiger partial charge in [-0.1, -0.05) is 31.0 Å². The van der Waals surface area contributed by atoms with Gasteiger partial charge in [-0.25, -0.2) is 4.39 Å². The first-order valence-corrected chi connectivity index (χ1v) is 6.40. The summed E-state index contributed by atoms with van der Waals surface area (Å²) in [5.74, 6) is -0.146. The van der Waals surface area contributed by atoms with E-state index in [-0.39, 0.29) is 11.9 Å². The summed E-state index contributed by atoms with van der Waals surface area (Å²) in [5, 5.41) is 0. The van der Waals surface area contributed by atoms with Crippen molar-refractivity contribution in [3.8, 4) is 0 Å². The van der Waals surface area contributed by atoms with E-state index in [0.29, 0.717) is 12.6 Å². The standard InChI is InChI=1S/C14H21FN2/c1-17(11-6-2-3-7-11)14(10-16)12-8-4-5-9-13(12)15/h4-5,8-9,11,14H,2-3,6-7,10,16H2,1H3. The van der Waals surface area contributed by atoms with E-state index in [0.717, 1.165) is 5.56 Å². The molecule has 1 atom stereocenters. The number of nitrogens with zero attached hydrogens (tertiary/aromatic N) is 1. The lowest BCUT2D eigenvalue weighted by Crippen LogP contribution is -2.37. The third-order valence-corrected chi connectivity index (χ3v) is 3.88. The molecule has 0 bridgehead atoms. The first-order valence-electron chi connectivity index (χ1n) is 6.40. The van der Waals surface area contributed by atoms with Crippen LogP contribution in [0.5, 0.6) is 0 Å². The van der Waals surface area contributed by atoms with E-state index in [9.17, 15) is 4.39 Å². The van der Waals surface area contributed by atoms with E-state index in [1.807, 2.05) is 12.1 Å². The van der Waals surface area contributed by atoms with Crippen LogP contribution < -0.4 is 5.73 Å². The molecule has 1 saturated carbocycles. The Labute approximate surface area is 103 Å². The predicted octanol–water partition coefficient (Wildman–Crippen LogP) is 2.70. The van der Waals surface area contributed by atoms with E-state index in [1.54, 1.807) is 6.07 Å². The summed E-state index contributed by atoms with van der Waals surface area (Å²) in [7, 11) is 2.07. The van der Waals surface area contributed by atoms with Crippen LogP contribution in [0.2, 0.25) is 0 Å². The number of hydrogen-bond donors (Lipinski definition) is 1. The highest BCUT2D eigenvalue weighted by Crippen LogP contribution is 2.30. The van der Waals surface area contributed by atoms with Gasteiger partial charge in [0.2, 0.25) is 0 Å². The fourth-order valence-electron chi connectivity index (χ4n) is 2.82. The minimum absolute atomic E-state index is 0.000648. The number of hydrogen-bond acceptors (Lipinski definition) is 2. The molecule has 3 heteroatoms. The van der Waals surface area contributed by atoms with Crippen molar-refractivity contribution in [1.82, 2.24) is 4.90 Å². The SMILES string of the molecule is CN(C1CCCC1)C(CN)c1ccccc1F. The zero-order valence-corrected chi connectivity index (χ0v) is 10.4. The molecule has 0 amide bonds. The lowest BCUT2D eigenvalue weighted by Gasteiger charge is -2.32. The molecule has 17 heavy (non-hydrogen) atoms. The lowest BCUT2D eigenvalue weighted by molar-refractivity contribution is 0.176. The van der Waals surface area contributed by atoms with E-state index >= 15 is 0 Å². The Bertz CT molecular complexity index is 361. The van der Waals surface area contributed by atoms with Crippen LogP contribution in [-0.4, -0.2) is 24.5 Å². The monoisotopic (exact) mass is 236 g/mol. The second kappa shape index (κ2) is 5.61. The molecule has 1 aromatic rings. The van der Waals surface area contributed by atoms with Crippen LogP contribution in [0.15, 0.2) is 24.3 Å². The van der Waals surface area contributed by atoms with Crippen molar-refractivity contribution >= 4 is 0 Å². The van der Waals surface area contributed by atoms with Crippen molar-refractivity contribution in [1.29, 1.82) is 0 Å². The Morgan fingerprint density at radius 2 is 2.00 bits per heavy atom. The first kappa shape index (κ1) is 12.5. The van der Waals surface area contributed by atoms with Crippen LogP contribution >= 0.6 is 0 Å². The average Bonchev–Trinajstić information content (AvgIpc) is 2.86. The lowest BCUT2D eigenvalue weighted by atomic mass is 10.0. The molecule has 1 aromatic carbocycles. The van der Waals surface area contributed by atoms with Gasteiger partial charge in [0.25, 0.3) is 0 Å². The summed E-state index contributed by atoms with van der Waals surface area (Å²) in [6.07, 6.45) is 4.98. The summed E-state index contributed by atoms with van der Waals surface area (Å²) in [4.78, 5) is 2.26. The fourth-order valence-corrected chi connectivity index (χ4v) is 2.82. The molecule has 1 unspecified atom stereocenters. The third kappa shape index (κ3) is 2.67. The Morgan fingerprint density at radius 3 is 2.59 bits per heavy atom. The van der Waals surface area contributed by atoms with Gasteiger partial charge in [0.15, 0.2) is 0 Å². The van der Waals surface area contributed by atoms with Gasteiger partial charge in [0, 0.05) is 24.2 Å². The quantitative estimate of drug-likeness (QED) is 0.871. The molecule has 2 N–H and O–H groups in total. The smallest absolute Gasteiger partial charge is 0.128 e. The number of nitrogens with two attached hydrogens (primary N) is 1. The second-order valence-corrected chi connectivity index (χ2v) is 4.88. The van der Waals surface area contributed by atoms with Crippen molar-refractivity contribution in [3.63, 3.8) is 0 Å². The fraction of sp³-hybridized carbons (Fsp3) is 0.571. The molecule has 94 valence electrons. The minimum atomic E-state index is -0.146. The van der Waals surface area contributed by atoms with E-state index in [4.69, 9.17) is 5.73 Å². The van der Waals surface area contributed by atoms with Gasteiger partial charge in [-0.15, -0.1) is 0 Å². The first-order chi connectivity index (χ1) is 8.24. The number of likely N-dealkylation sites (N-methyl/N-ethyl adjacent to an activating group) is 1. The van der Waals surface area contributed by atoms with Crippen molar-refractivity contribution in [3.05, 3.63) is 35.6 Å². The van der Waals surface area contributed by atoms with Gasteiger partial charge < -0.3 is 5.73 Å². The molecular weight excluding hydrogens is 215 g/mol. The minimum Gasteiger partial charge on any atom is -0.329 e. The number of halogens is 1. The maximum Gasteiger partial charge on any atom is 0.128 e. The normalized spacial score (nSPS) is 18.8. The van der Waals surface area contributed by atoms with E-state index in [2.05, 4.69) is 11.9 Å². The summed E-state index contributed by atoms with van der Waals surface area (Å²) >= 11 is 0. The van der Waals surface area contributed by atoms with Crippen molar-refractivity contribution < 1.29 is 4.39 Å². The Balaban J connectivity index is 2.18. The molecule has 0 heterocycles. The maximum atomic E-state index is 13.8. The van der Waals surface area contributed by atoms with Gasteiger partial charge >= 0.3 is 0 Å². The van der Waals surface area contributed by atoms with Gasteiger partial charge in [-0.3, -0.25) is 4.90 Å². The number of rotatable bonds is 4. The zero-order valence-electron chi connectivity index (χ0n) is 10.4. The average molecular weight is 236 g/mol. The van der Waals surface area contributed by atoms with Crippen LogP contribution in [0.4, 0.5) is 4.39 Å². The van der Waals surface area contributed by atoms with Crippen LogP contribution in [0, 0.1) is 5.82 Å². The van der Waals surface area contributed by atoms with E-state index in [1.165, 1.54) is 31.7 Å². The number of benzene rings is 1. The Hall–Kier alpha value is -0.930. The summed E-state index contributed by atoms with van der Waals surface area (Å²) in [6.45, 7) is 0.466. The molecular formula is C14H21FN2. The summed E-state index contributed by atoms with van der Waals surface area (Å²) < 4.78 is 13.8. The predicted molar refractivity (Wildman–Crippen MR) is 68.2 cm³/mol. The van der Waals surface area contributed by atoms with Crippen LogP contribution in [-0.2, 0) is 0 Å². The molecule has 2 nitrogen and oxygen atoms in total. The van der Waals surface area contributed by atoms with Crippen molar-refractivity contribution in [2.45, 2.75) is 37.8 Å². The largest absolute Gasteiger partial charge is 0.329 e.